The number of amides is 1. The van der Waals surface area contributed by atoms with E-state index in [0.29, 0.717) is 19.5 Å². The van der Waals surface area contributed by atoms with Gasteiger partial charge < -0.3 is 14.9 Å². The van der Waals surface area contributed by atoms with E-state index in [0.717, 1.165) is 45.6 Å². The molecule has 1 N–H and O–H groups in total. The number of hydrogen-bond acceptors (Lipinski definition) is 4. The molecule has 1 unspecified atom stereocenters. The molecular formula is C24H31N3O2. The number of para-hydroxylation sites is 1. The Balaban J connectivity index is 1.31. The van der Waals surface area contributed by atoms with Crippen LogP contribution in [0.4, 0.5) is 5.69 Å². The molecule has 0 bridgehead atoms. The van der Waals surface area contributed by atoms with E-state index >= 15 is 0 Å². The van der Waals surface area contributed by atoms with Gasteiger partial charge in [-0.1, -0.05) is 48.5 Å². The van der Waals surface area contributed by atoms with Gasteiger partial charge in [0.15, 0.2) is 5.60 Å². The minimum Gasteiger partial charge on any atom is -0.379 e. The number of likely N-dealkylation sites (tertiary alicyclic amines) is 1. The van der Waals surface area contributed by atoms with Crippen LogP contribution in [-0.4, -0.2) is 72.2 Å². The summed E-state index contributed by atoms with van der Waals surface area (Å²) in [5.41, 5.74) is 1.22. The lowest BCUT2D eigenvalue weighted by Crippen LogP contribution is -2.60. The van der Waals surface area contributed by atoms with Crippen LogP contribution in [0.15, 0.2) is 60.7 Å². The molecule has 2 saturated heterocycles. The van der Waals surface area contributed by atoms with Crippen LogP contribution < -0.4 is 4.90 Å². The molecule has 5 heteroatoms. The molecule has 0 aliphatic carbocycles. The van der Waals surface area contributed by atoms with Crippen molar-refractivity contribution in [2.24, 2.45) is 0 Å². The number of piperazine rings is 1. The van der Waals surface area contributed by atoms with Crippen LogP contribution >= 0.6 is 0 Å². The summed E-state index contributed by atoms with van der Waals surface area (Å²) in [4.78, 5) is 19.5. The van der Waals surface area contributed by atoms with Crippen molar-refractivity contribution in [1.82, 2.24) is 9.80 Å². The van der Waals surface area contributed by atoms with Gasteiger partial charge >= 0.3 is 0 Å². The second kappa shape index (κ2) is 8.97. The van der Waals surface area contributed by atoms with Crippen molar-refractivity contribution in [2.45, 2.75) is 24.9 Å². The zero-order valence-corrected chi connectivity index (χ0v) is 17.0. The molecule has 2 heterocycles. The van der Waals surface area contributed by atoms with Crippen LogP contribution in [0.1, 0.15) is 18.4 Å². The van der Waals surface area contributed by atoms with E-state index in [9.17, 15) is 9.90 Å². The second-order valence-electron chi connectivity index (χ2n) is 8.26. The number of benzene rings is 2. The number of rotatable bonds is 6. The number of carbonyl (C=O) groups is 1. The highest BCUT2D eigenvalue weighted by molar-refractivity contribution is 5.86. The highest BCUT2D eigenvalue weighted by Gasteiger charge is 2.43. The van der Waals surface area contributed by atoms with E-state index in [1.807, 2.05) is 29.2 Å². The molecule has 1 amide bonds. The summed E-state index contributed by atoms with van der Waals surface area (Å²) in [5, 5.41) is 11.2. The standard InChI is InChI=1S/C24H31N3O2/c28-23-24(29,13-7-14-27(23)15-12-21-8-3-1-4-9-21)20-25-16-18-26(19-17-25)22-10-5-2-6-11-22/h1-6,8-11,29H,7,12-20H2. The molecule has 0 aromatic heterocycles. The van der Waals surface area contributed by atoms with Crippen molar-refractivity contribution < 1.29 is 9.90 Å². The number of aliphatic hydroxyl groups is 1. The largest absolute Gasteiger partial charge is 0.379 e. The van der Waals surface area contributed by atoms with Crippen molar-refractivity contribution in [2.75, 3.05) is 50.7 Å². The fraction of sp³-hybridized carbons (Fsp3) is 0.458. The lowest BCUT2D eigenvalue weighted by Gasteiger charge is -2.43. The smallest absolute Gasteiger partial charge is 0.255 e. The van der Waals surface area contributed by atoms with Gasteiger partial charge in [0.05, 0.1) is 0 Å². The van der Waals surface area contributed by atoms with E-state index in [-0.39, 0.29) is 5.91 Å². The van der Waals surface area contributed by atoms with Crippen LogP contribution in [0.5, 0.6) is 0 Å². The summed E-state index contributed by atoms with van der Waals surface area (Å²) in [6, 6.07) is 20.7. The number of hydrogen-bond donors (Lipinski definition) is 1. The summed E-state index contributed by atoms with van der Waals surface area (Å²) < 4.78 is 0. The summed E-state index contributed by atoms with van der Waals surface area (Å²) in [5.74, 6) is -0.0924. The first-order chi connectivity index (χ1) is 14.1. The summed E-state index contributed by atoms with van der Waals surface area (Å²) in [6.45, 7) is 5.44. The maximum absolute atomic E-state index is 13.1. The first-order valence-electron chi connectivity index (χ1n) is 10.7. The maximum Gasteiger partial charge on any atom is 0.255 e. The maximum atomic E-state index is 13.1. The SMILES string of the molecule is O=C1N(CCc2ccccc2)CCCC1(O)CN1CCN(c2ccccc2)CC1. The molecular weight excluding hydrogens is 362 g/mol. The van der Waals surface area contributed by atoms with Gasteiger partial charge in [0.25, 0.3) is 5.91 Å². The minimum absolute atomic E-state index is 0.0924. The Morgan fingerprint density at radius 2 is 1.52 bits per heavy atom. The van der Waals surface area contributed by atoms with Gasteiger partial charge in [0, 0.05) is 51.5 Å². The summed E-state index contributed by atoms with van der Waals surface area (Å²) >= 11 is 0. The minimum atomic E-state index is -1.25. The zero-order valence-electron chi connectivity index (χ0n) is 17.0. The van der Waals surface area contributed by atoms with Crippen molar-refractivity contribution in [3.63, 3.8) is 0 Å². The monoisotopic (exact) mass is 393 g/mol. The molecule has 154 valence electrons. The highest BCUT2D eigenvalue weighted by atomic mass is 16.3. The second-order valence-corrected chi connectivity index (χ2v) is 8.26. The van der Waals surface area contributed by atoms with E-state index in [1.165, 1.54) is 11.3 Å². The fourth-order valence-corrected chi connectivity index (χ4v) is 4.51. The van der Waals surface area contributed by atoms with Crippen LogP contribution in [0.3, 0.4) is 0 Å². The highest BCUT2D eigenvalue weighted by Crippen LogP contribution is 2.25. The van der Waals surface area contributed by atoms with Gasteiger partial charge in [-0.05, 0) is 37.0 Å². The molecule has 2 aromatic rings. The third-order valence-electron chi connectivity index (χ3n) is 6.20. The van der Waals surface area contributed by atoms with Crippen molar-refractivity contribution in [3.05, 3.63) is 66.2 Å². The first kappa shape index (κ1) is 19.9. The van der Waals surface area contributed by atoms with E-state index in [1.54, 1.807) is 0 Å². The van der Waals surface area contributed by atoms with E-state index < -0.39 is 5.60 Å². The molecule has 0 radical (unpaired) electrons. The van der Waals surface area contributed by atoms with Gasteiger partial charge in [0.1, 0.15) is 0 Å². The molecule has 4 rings (SSSR count). The lowest BCUT2D eigenvalue weighted by atomic mass is 9.90. The van der Waals surface area contributed by atoms with Crippen LogP contribution in [-0.2, 0) is 11.2 Å². The molecule has 2 fully saturated rings. The molecule has 0 saturated carbocycles. The molecule has 29 heavy (non-hydrogen) atoms. The average molecular weight is 394 g/mol. The van der Waals surface area contributed by atoms with Crippen LogP contribution in [0.25, 0.3) is 0 Å². The molecule has 1 atom stereocenters. The fourth-order valence-electron chi connectivity index (χ4n) is 4.51. The number of β-amino-alcohol motifs (C(OH)–C–C–N with tert-alkyl or cyclic N) is 1. The molecule has 2 aliphatic rings. The first-order valence-corrected chi connectivity index (χ1v) is 10.7. The van der Waals surface area contributed by atoms with E-state index in [4.69, 9.17) is 0 Å². The normalized spacial score (nSPS) is 23.4. The molecule has 0 spiro atoms. The van der Waals surface area contributed by atoms with Crippen LogP contribution in [0, 0.1) is 0 Å². The molecule has 2 aliphatic heterocycles. The van der Waals surface area contributed by atoms with Gasteiger partial charge in [-0.3, -0.25) is 9.69 Å². The van der Waals surface area contributed by atoms with Gasteiger partial charge in [0.2, 0.25) is 0 Å². The van der Waals surface area contributed by atoms with Crippen LogP contribution in [0.2, 0.25) is 0 Å². The van der Waals surface area contributed by atoms with Crippen molar-refractivity contribution in [1.29, 1.82) is 0 Å². The predicted octanol–water partition coefficient (Wildman–Crippen LogP) is 2.40. The summed E-state index contributed by atoms with van der Waals surface area (Å²) in [7, 11) is 0. The number of carbonyl (C=O) groups excluding carboxylic acids is 1. The Labute approximate surface area is 173 Å². The Morgan fingerprint density at radius 3 is 2.21 bits per heavy atom. The molecule has 5 nitrogen and oxygen atoms in total. The predicted molar refractivity (Wildman–Crippen MR) is 116 cm³/mol. The third kappa shape index (κ3) is 4.80. The number of nitrogens with zero attached hydrogens (tertiary/aromatic N) is 3. The Hall–Kier alpha value is -2.37. The molecule has 2 aromatic carbocycles. The Kier molecular flexibility index (Phi) is 6.16. The zero-order chi connectivity index (χ0) is 20.1. The van der Waals surface area contributed by atoms with Gasteiger partial charge in [-0.25, -0.2) is 0 Å². The Morgan fingerprint density at radius 1 is 0.862 bits per heavy atom. The average Bonchev–Trinajstić information content (AvgIpc) is 2.77. The summed E-state index contributed by atoms with van der Waals surface area (Å²) in [6.07, 6.45) is 2.26. The van der Waals surface area contributed by atoms with Gasteiger partial charge in [-0.2, -0.15) is 0 Å². The van der Waals surface area contributed by atoms with Crippen molar-refractivity contribution in [3.8, 4) is 0 Å². The number of anilines is 1. The third-order valence-corrected chi connectivity index (χ3v) is 6.20. The van der Waals surface area contributed by atoms with E-state index in [2.05, 4.69) is 46.2 Å². The lowest BCUT2D eigenvalue weighted by molar-refractivity contribution is -0.159. The quantitative estimate of drug-likeness (QED) is 0.819. The number of piperidine rings is 1. The Bertz CT molecular complexity index is 790. The van der Waals surface area contributed by atoms with Crippen molar-refractivity contribution >= 4 is 11.6 Å². The van der Waals surface area contributed by atoms with Gasteiger partial charge in [-0.15, -0.1) is 0 Å². The topological polar surface area (TPSA) is 47.0 Å².